The summed E-state index contributed by atoms with van der Waals surface area (Å²) < 4.78 is 5.12. The Labute approximate surface area is 56.6 Å². The van der Waals surface area contributed by atoms with Crippen LogP contribution >= 0.6 is 0 Å². The molecular weight excluding hydrogens is 114 g/mol. The normalized spacial score (nSPS) is 34.0. The molecule has 2 nitrogen and oxygen atoms in total. The van der Waals surface area contributed by atoms with Gasteiger partial charge in [-0.05, 0) is 19.4 Å². The average molecular weight is 129 g/mol. The first-order chi connectivity index (χ1) is 4.36. The molecule has 0 saturated heterocycles. The van der Waals surface area contributed by atoms with Crippen LogP contribution in [0.4, 0.5) is 0 Å². The van der Waals surface area contributed by atoms with Crippen LogP contribution in [-0.4, -0.2) is 25.8 Å². The minimum Gasteiger partial charge on any atom is -0.381 e. The highest BCUT2D eigenvalue weighted by atomic mass is 16.5. The predicted octanol–water partition coefficient (Wildman–Crippen LogP) is 0.773. The summed E-state index contributed by atoms with van der Waals surface area (Å²) in [7, 11) is 1.78. The minimum absolute atomic E-state index is 0.536. The van der Waals surface area contributed by atoms with E-state index in [-0.39, 0.29) is 0 Å². The second-order valence-corrected chi connectivity index (χ2v) is 2.58. The third-order valence-electron chi connectivity index (χ3n) is 1.92. The Morgan fingerprint density at radius 2 is 2.22 bits per heavy atom. The van der Waals surface area contributed by atoms with Crippen molar-refractivity contribution in [1.82, 2.24) is 5.32 Å². The van der Waals surface area contributed by atoms with E-state index in [1.807, 2.05) is 0 Å². The van der Waals surface area contributed by atoms with Crippen LogP contribution in [0.15, 0.2) is 0 Å². The van der Waals surface area contributed by atoms with Crippen molar-refractivity contribution >= 4 is 0 Å². The monoisotopic (exact) mass is 129 g/mol. The molecule has 1 fully saturated rings. The summed E-state index contributed by atoms with van der Waals surface area (Å²) >= 11 is 0. The van der Waals surface area contributed by atoms with Crippen LogP contribution < -0.4 is 5.32 Å². The quantitative estimate of drug-likeness (QED) is 0.608. The molecule has 0 aromatic carbocycles. The second-order valence-electron chi connectivity index (χ2n) is 2.58. The van der Waals surface area contributed by atoms with Crippen molar-refractivity contribution in [2.24, 2.45) is 0 Å². The number of hydrogen-bond donors (Lipinski definition) is 1. The third kappa shape index (κ3) is 1.66. The lowest BCUT2D eigenvalue weighted by molar-refractivity contribution is 0.0180. The van der Waals surface area contributed by atoms with Crippen molar-refractivity contribution in [3.05, 3.63) is 0 Å². The van der Waals surface area contributed by atoms with Gasteiger partial charge in [0.2, 0.25) is 0 Å². The lowest BCUT2D eigenvalue weighted by Gasteiger charge is -2.34. The summed E-state index contributed by atoms with van der Waals surface area (Å²) in [6, 6.07) is 0.736. The summed E-state index contributed by atoms with van der Waals surface area (Å²) in [5, 5.41) is 3.37. The van der Waals surface area contributed by atoms with Crippen LogP contribution in [0.3, 0.4) is 0 Å². The maximum Gasteiger partial charge on any atom is 0.0601 e. The van der Waals surface area contributed by atoms with Crippen LogP contribution in [0.1, 0.15) is 19.8 Å². The molecule has 54 valence electrons. The van der Waals surface area contributed by atoms with E-state index in [1.165, 1.54) is 12.8 Å². The fourth-order valence-electron chi connectivity index (χ4n) is 1.21. The SMILES string of the molecule is CCNC1CC(OC)C1. The fraction of sp³-hybridized carbons (Fsp3) is 1.00. The highest BCUT2D eigenvalue weighted by Crippen LogP contribution is 2.21. The molecular formula is C7H15NO. The first-order valence-electron chi connectivity index (χ1n) is 3.63. The lowest BCUT2D eigenvalue weighted by Crippen LogP contribution is -2.44. The molecule has 9 heavy (non-hydrogen) atoms. The van der Waals surface area contributed by atoms with Crippen molar-refractivity contribution in [1.29, 1.82) is 0 Å². The van der Waals surface area contributed by atoms with E-state index in [0.29, 0.717) is 6.10 Å². The molecule has 0 bridgehead atoms. The van der Waals surface area contributed by atoms with Gasteiger partial charge in [0.15, 0.2) is 0 Å². The number of ether oxygens (including phenoxy) is 1. The van der Waals surface area contributed by atoms with Gasteiger partial charge in [-0.15, -0.1) is 0 Å². The van der Waals surface area contributed by atoms with E-state index in [9.17, 15) is 0 Å². The Kier molecular flexibility index (Phi) is 2.49. The molecule has 1 N–H and O–H groups in total. The first kappa shape index (κ1) is 7.03. The molecule has 0 aromatic heterocycles. The Morgan fingerprint density at radius 1 is 1.56 bits per heavy atom. The van der Waals surface area contributed by atoms with Crippen molar-refractivity contribution in [3.63, 3.8) is 0 Å². The van der Waals surface area contributed by atoms with Crippen molar-refractivity contribution < 1.29 is 4.74 Å². The molecule has 1 aliphatic carbocycles. The van der Waals surface area contributed by atoms with Gasteiger partial charge in [-0.1, -0.05) is 6.92 Å². The first-order valence-corrected chi connectivity index (χ1v) is 3.63. The van der Waals surface area contributed by atoms with E-state index in [0.717, 1.165) is 12.6 Å². The van der Waals surface area contributed by atoms with Crippen molar-refractivity contribution in [2.45, 2.75) is 31.9 Å². The van der Waals surface area contributed by atoms with Gasteiger partial charge in [0.25, 0.3) is 0 Å². The molecule has 2 heteroatoms. The summed E-state index contributed by atoms with van der Waals surface area (Å²) in [5.41, 5.74) is 0. The highest BCUT2D eigenvalue weighted by Gasteiger charge is 2.27. The van der Waals surface area contributed by atoms with Crippen LogP contribution in [0.25, 0.3) is 0 Å². The molecule has 0 heterocycles. The third-order valence-corrected chi connectivity index (χ3v) is 1.92. The van der Waals surface area contributed by atoms with Crippen LogP contribution in [-0.2, 0) is 4.74 Å². The highest BCUT2D eigenvalue weighted by molar-refractivity contribution is 4.84. The zero-order valence-electron chi connectivity index (χ0n) is 6.18. The molecule has 0 atom stereocenters. The van der Waals surface area contributed by atoms with Gasteiger partial charge in [-0.2, -0.15) is 0 Å². The molecule has 1 saturated carbocycles. The topological polar surface area (TPSA) is 21.3 Å². The number of hydrogen-bond acceptors (Lipinski definition) is 2. The predicted molar refractivity (Wildman–Crippen MR) is 37.5 cm³/mol. The van der Waals surface area contributed by atoms with E-state index in [2.05, 4.69) is 12.2 Å². The van der Waals surface area contributed by atoms with Gasteiger partial charge in [-0.25, -0.2) is 0 Å². The van der Waals surface area contributed by atoms with Gasteiger partial charge in [0, 0.05) is 13.2 Å². The molecule has 0 amide bonds. The van der Waals surface area contributed by atoms with E-state index in [1.54, 1.807) is 7.11 Å². The Hall–Kier alpha value is -0.0800. The van der Waals surface area contributed by atoms with Crippen LogP contribution in [0, 0.1) is 0 Å². The summed E-state index contributed by atoms with van der Waals surface area (Å²) in [5.74, 6) is 0. The molecule has 1 rings (SSSR count). The Bertz CT molecular complexity index is 79.0. The van der Waals surface area contributed by atoms with Gasteiger partial charge >= 0.3 is 0 Å². The van der Waals surface area contributed by atoms with Gasteiger partial charge < -0.3 is 10.1 Å². The zero-order valence-corrected chi connectivity index (χ0v) is 6.18. The summed E-state index contributed by atoms with van der Waals surface area (Å²) in [4.78, 5) is 0. The van der Waals surface area contributed by atoms with E-state index in [4.69, 9.17) is 4.74 Å². The van der Waals surface area contributed by atoms with Crippen molar-refractivity contribution in [3.8, 4) is 0 Å². The molecule has 0 unspecified atom stereocenters. The van der Waals surface area contributed by atoms with Gasteiger partial charge in [0.1, 0.15) is 0 Å². The van der Waals surface area contributed by atoms with Gasteiger partial charge in [0.05, 0.1) is 6.10 Å². The molecule has 0 radical (unpaired) electrons. The van der Waals surface area contributed by atoms with Gasteiger partial charge in [-0.3, -0.25) is 0 Å². The maximum atomic E-state index is 5.12. The van der Waals surface area contributed by atoms with Crippen LogP contribution in [0.2, 0.25) is 0 Å². The molecule has 0 aliphatic heterocycles. The smallest absolute Gasteiger partial charge is 0.0601 e. The van der Waals surface area contributed by atoms with Crippen LogP contribution in [0.5, 0.6) is 0 Å². The number of nitrogens with one attached hydrogen (secondary N) is 1. The zero-order chi connectivity index (χ0) is 6.69. The summed E-state index contributed by atoms with van der Waals surface area (Å²) in [6.45, 7) is 3.22. The molecule has 1 aliphatic rings. The largest absolute Gasteiger partial charge is 0.381 e. The minimum atomic E-state index is 0.536. The Morgan fingerprint density at radius 3 is 2.67 bits per heavy atom. The molecule has 0 aromatic rings. The molecule has 0 spiro atoms. The Balaban J connectivity index is 1.98. The van der Waals surface area contributed by atoms with E-state index >= 15 is 0 Å². The standard InChI is InChI=1S/C7H15NO/c1-3-8-6-4-7(5-6)9-2/h6-8H,3-5H2,1-2H3. The fourth-order valence-corrected chi connectivity index (χ4v) is 1.21. The maximum absolute atomic E-state index is 5.12. The van der Waals surface area contributed by atoms with E-state index < -0.39 is 0 Å². The lowest BCUT2D eigenvalue weighted by atomic mass is 9.89. The van der Waals surface area contributed by atoms with Crippen molar-refractivity contribution in [2.75, 3.05) is 13.7 Å². The number of methoxy groups -OCH3 is 1. The summed E-state index contributed by atoms with van der Waals surface area (Å²) in [6.07, 6.45) is 2.93. The average Bonchev–Trinajstić information content (AvgIpc) is 1.77. The number of rotatable bonds is 3. The second kappa shape index (κ2) is 3.18.